The lowest BCUT2D eigenvalue weighted by Gasteiger charge is -2.26. The molecular weight excluding hydrogens is 246 g/mol. The van der Waals surface area contributed by atoms with E-state index >= 15 is 0 Å². The molecule has 0 aromatic heterocycles. The van der Waals surface area contributed by atoms with Crippen molar-refractivity contribution in [3.05, 3.63) is 0 Å². The van der Waals surface area contributed by atoms with Gasteiger partial charge in [-0.25, -0.2) is 4.79 Å². The van der Waals surface area contributed by atoms with E-state index in [-0.39, 0.29) is 12.6 Å². The van der Waals surface area contributed by atoms with Crippen LogP contribution >= 0.6 is 0 Å². The van der Waals surface area contributed by atoms with Gasteiger partial charge in [0.05, 0.1) is 5.41 Å². The summed E-state index contributed by atoms with van der Waals surface area (Å²) in [6, 6.07) is -0.150. The van der Waals surface area contributed by atoms with E-state index in [9.17, 15) is 14.7 Å². The zero-order chi connectivity index (χ0) is 13.9. The Hall–Kier alpha value is -1.30. The summed E-state index contributed by atoms with van der Waals surface area (Å²) in [6.07, 6.45) is 4.12. The Labute approximate surface area is 113 Å². The third kappa shape index (κ3) is 3.00. The van der Waals surface area contributed by atoms with E-state index in [0.717, 1.165) is 19.3 Å². The summed E-state index contributed by atoms with van der Waals surface area (Å²) in [7, 11) is 0. The van der Waals surface area contributed by atoms with Gasteiger partial charge >= 0.3 is 12.0 Å². The fourth-order valence-electron chi connectivity index (χ4n) is 3.08. The standard InChI is InChI=1S/C13H23N3O3/c14-7-10-3-6-16(8-10)12(19)15-9-13(11(17)18)4-1-2-5-13/h10H,1-9,14H2,(H,15,19)(H,17,18). The van der Waals surface area contributed by atoms with Crippen LogP contribution in [-0.4, -0.2) is 48.2 Å². The molecule has 1 saturated heterocycles. The van der Waals surface area contributed by atoms with Crippen LogP contribution in [0.5, 0.6) is 0 Å². The van der Waals surface area contributed by atoms with Gasteiger partial charge in [0.2, 0.25) is 0 Å². The molecule has 0 spiro atoms. The molecule has 1 saturated carbocycles. The second kappa shape index (κ2) is 5.77. The topological polar surface area (TPSA) is 95.7 Å². The number of carbonyl (C=O) groups excluding carboxylic acids is 1. The molecule has 6 nitrogen and oxygen atoms in total. The SMILES string of the molecule is NCC1CCN(C(=O)NCC2(C(=O)O)CCCC2)C1. The second-order valence-electron chi connectivity index (χ2n) is 5.79. The molecule has 0 aromatic carbocycles. The molecule has 2 fully saturated rings. The summed E-state index contributed by atoms with van der Waals surface area (Å²) >= 11 is 0. The van der Waals surface area contributed by atoms with Crippen LogP contribution in [0.3, 0.4) is 0 Å². The fourth-order valence-corrected chi connectivity index (χ4v) is 3.08. The molecule has 2 aliphatic rings. The average molecular weight is 269 g/mol. The lowest BCUT2D eigenvalue weighted by atomic mass is 9.86. The largest absolute Gasteiger partial charge is 0.481 e. The Morgan fingerprint density at radius 3 is 2.58 bits per heavy atom. The number of hydrogen-bond donors (Lipinski definition) is 3. The summed E-state index contributed by atoms with van der Waals surface area (Å²) in [6.45, 7) is 2.24. The molecule has 2 amide bonds. The summed E-state index contributed by atoms with van der Waals surface area (Å²) in [4.78, 5) is 25.1. The maximum atomic E-state index is 12.0. The van der Waals surface area contributed by atoms with Crippen LogP contribution in [0.25, 0.3) is 0 Å². The molecular formula is C13H23N3O3. The molecule has 108 valence electrons. The highest BCUT2D eigenvalue weighted by atomic mass is 16.4. The molecule has 0 radical (unpaired) electrons. The van der Waals surface area contributed by atoms with Crippen LogP contribution in [0.15, 0.2) is 0 Å². The summed E-state index contributed by atoms with van der Waals surface area (Å²) in [5, 5.41) is 12.1. The highest BCUT2D eigenvalue weighted by Gasteiger charge is 2.41. The smallest absolute Gasteiger partial charge is 0.317 e. The number of nitrogens with one attached hydrogen (secondary N) is 1. The van der Waals surface area contributed by atoms with Gasteiger partial charge in [-0.05, 0) is 31.7 Å². The third-order valence-corrected chi connectivity index (χ3v) is 4.50. The summed E-state index contributed by atoms with van der Waals surface area (Å²) < 4.78 is 0. The molecule has 1 aliphatic carbocycles. The number of urea groups is 1. The van der Waals surface area contributed by atoms with Crippen LogP contribution in [0.4, 0.5) is 4.79 Å². The predicted molar refractivity (Wildman–Crippen MR) is 70.7 cm³/mol. The van der Waals surface area contributed by atoms with Crippen molar-refractivity contribution >= 4 is 12.0 Å². The van der Waals surface area contributed by atoms with Crippen molar-refractivity contribution in [2.75, 3.05) is 26.2 Å². The predicted octanol–water partition coefficient (Wildman–Crippen LogP) is 0.622. The van der Waals surface area contributed by atoms with Crippen molar-refractivity contribution in [1.82, 2.24) is 10.2 Å². The van der Waals surface area contributed by atoms with Gasteiger partial charge in [0, 0.05) is 19.6 Å². The van der Waals surface area contributed by atoms with Crippen molar-refractivity contribution in [3.63, 3.8) is 0 Å². The Morgan fingerprint density at radius 1 is 1.37 bits per heavy atom. The molecule has 0 bridgehead atoms. The molecule has 1 atom stereocenters. The maximum absolute atomic E-state index is 12.0. The minimum Gasteiger partial charge on any atom is -0.481 e. The number of carboxylic acid groups (broad SMARTS) is 1. The number of likely N-dealkylation sites (tertiary alicyclic amines) is 1. The zero-order valence-electron chi connectivity index (χ0n) is 11.2. The zero-order valence-corrected chi connectivity index (χ0v) is 11.2. The minimum absolute atomic E-state index is 0.150. The first kappa shape index (κ1) is 14.1. The van der Waals surface area contributed by atoms with Crippen LogP contribution in [-0.2, 0) is 4.79 Å². The van der Waals surface area contributed by atoms with Crippen LogP contribution < -0.4 is 11.1 Å². The van der Waals surface area contributed by atoms with Gasteiger partial charge in [0.15, 0.2) is 0 Å². The van der Waals surface area contributed by atoms with Crippen molar-refractivity contribution in [2.45, 2.75) is 32.1 Å². The third-order valence-electron chi connectivity index (χ3n) is 4.50. The highest BCUT2D eigenvalue weighted by Crippen LogP contribution is 2.37. The first-order valence-electron chi connectivity index (χ1n) is 7.04. The molecule has 1 heterocycles. The number of nitrogens with zero attached hydrogens (tertiary/aromatic N) is 1. The quantitative estimate of drug-likeness (QED) is 0.697. The number of aliphatic carboxylic acids is 1. The maximum Gasteiger partial charge on any atom is 0.317 e. The number of rotatable bonds is 4. The monoisotopic (exact) mass is 269 g/mol. The lowest BCUT2D eigenvalue weighted by Crippen LogP contribution is -2.46. The Kier molecular flexibility index (Phi) is 4.29. The van der Waals surface area contributed by atoms with E-state index in [4.69, 9.17) is 5.73 Å². The number of carboxylic acids is 1. The number of carbonyl (C=O) groups is 2. The molecule has 0 aromatic rings. The number of amides is 2. The molecule has 4 N–H and O–H groups in total. The van der Waals surface area contributed by atoms with E-state index in [2.05, 4.69) is 5.32 Å². The second-order valence-corrected chi connectivity index (χ2v) is 5.79. The molecule has 1 unspecified atom stereocenters. The summed E-state index contributed by atoms with van der Waals surface area (Å²) in [5.41, 5.74) is 4.85. The Bertz CT molecular complexity index is 353. The first-order chi connectivity index (χ1) is 9.07. The molecule has 6 heteroatoms. The van der Waals surface area contributed by atoms with E-state index in [1.165, 1.54) is 0 Å². The molecule has 19 heavy (non-hydrogen) atoms. The van der Waals surface area contributed by atoms with Crippen LogP contribution in [0, 0.1) is 11.3 Å². The Morgan fingerprint density at radius 2 is 2.05 bits per heavy atom. The lowest BCUT2D eigenvalue weighted by molar-refractivity contribution is -0.148. The van der Waals surface area contributed by atoms with Gasteiger partial charge in [0.25, 0.3) is 0 Å². The highest BCUT2D eigenvalue weighted by molar-refractivity contribution is 5.78. The summed E-state index contributed by atoms with van der Waals surface area (Å²) in [5.74, 6) is -0.405. The molecule has 1 aliphatic heterocycles. The van der Waals surface area contributed by atoms with E-state index in [1.807, 2.05) is 0 Å². The Balaban J connectivity index is 1.84. The number of hydrogen-bond acceptors (Lipinski definition) is 3. The van der Waals surface area contributed by atoms with Gasteiger partial charge in [-0.1, -0.05) is 12.8 Å². The van der Waals surface area contributed by atoms with Crippen LogP contribution in [0.1, 0.15) is 32.1 Å². The minimum atomic E-state index is -0.786. The van der Waals surface area contributed by atoms with Crippen molar-refractivity contribution in [1.29, 1.82) is 0 Å². The number of nitrogens with two attached hydrogens (primary N) is 1. The van der Waals surface area contributed by atoms with E-state index in [0.29, 0.717) is 38.4 Å². The van der Waals surface area contributed by atoms with E-state index in [1.54, 1.807) is 4.90 Å². The normalized spacial score (nSPS) is 25.5. The van der Waals surface area contributed by atoms with E-state index < -0.39 is 11.4 Å². The van der Waals surface area contributed by atoms with Gasteiger partial charge in [0.1, 0.15) is 0 Å². The first-order valence-corrected chi connectivity index (χ1v) is 7.04. The van der Waals surface area contributed by atoms with Crippen molar-refractivity contribution < 1.29 is 14.7 Å². The van der Waals surface area contributed by atoms with Crippen molar-refractivity contribution in [3.8, 4) is 0 Å². The average Bonchev–Trinajstić information content (AvgIpc) is 3.05. The van der Waals surface area contributed by atoms with Crippen LogP contribution in [0.2, 0.25) is 0 Å². The molecule has 2 rings (SSSR count). The fraction of sp³-hybridized carbons (Fsp3) is 0.846. The van der Waals surface area contributed by atoms with Crippen molar-refractivity contribution in [2.24, 2.45) is 17.1 Å². The van der Waals surface area contributed by atoms with Gasteiger partial charge < -0.3 is 21.1 Å². The van der Waals surface area contributed by atoms with Gasteiger partial charge in [-0.3, -0.25) is 4.79 Å². The van der Waals surface area contributed by atoms with Gasteiger partial charge in [-0.2, -0.15) is 0 Å². The van der Waals surface area contributed by atoms with Gasteiger partial charge in [-0.15, -0.1) is 0 Å².